The van der Waals surface area contributed by atoms with Crippen molar-refractivity contribution >= 4 is 17.5 Å². The smallest absolute Gasteiger partial charge is 0.260 e. The average molecular weight is 281 g/mol. The minimum absolute atomic E-state index is 0.0751. The molecule has 1 aromatic rings. The van der Waals surface area contributed by atoms with E-state index < -0.39 is 0 Å². The summed E-state index contributed by atoms with van der Waals surface area (Å²) in [6, 6.07) is 7.43. The molecule has 0 aromatic heterocycles. The fourth-order valence-corrected chi connectivity index (χ4v) is 3.04. The summed E-state index contributed by atoms with van der Waals surface area (Å²) >= 11 is 5.80. The van der Waals surface area contributed by atoms with Crippen molar-refractivity contribution in [2.45, 2.75) is 12.5 Å². The number of hydrogen-bond acceptors (Lipinski definition) is 3. The van der Waals surface area contributed by atoms with Gasteiger partial charge in [0.05, 0.1) is 0 Å². The number of nitrogens with zero attached hydrogens (tertiary/aromatic N) is 1. The van der Waals surface area contributed by atoms with Crippen molar-refractivity contribution in [3.8, 4) is 5.75 Å². The van der Waals surface area contributed by atoms with E-state index in [9.17, 15) is 4.79 Å². The van der Waals surface area contributed by atoms with Crippen LogP contribution >= 0.6 is 11.6 Å². The number of fused-ring (bicyclic) bond motifs is 1. The maximum absolute atomic E-state index is 12.2. The van der Waals surface area contributed by atoms with Crippen LogP contribution in [0.25, 0.3) is 0 Å². The Kier molecular flexibility index (Phi) is 3.62. The molecular formula is C14H17ClN2O2. The molecular weight excluding hydrogens is 264 g/mol. The molecule has 1 amide bonds. The summed E-state index contributed by atoms with van der Waals surface area (Å²) in [7, 11) is 0. The molecule has 1 N–H and O–H groups in total. The lowest BCUT2D eigenvalue weighted by Crippen LogP contribution is -2.41. The van der Waals surface area contributed by atoms with Gasteiger partial charge in [-0.2, -0.15) is 0 Å². The third-order valence-electron chi connectivity index (χ3n) is 3.94. The monoisotopic (exact) mass is 280 g/mol. The molecule has 2 aliphatic rings. The number of carbonyl (C=O) groups is 1. The summed E-state index contributed by atoms with van der Waals surface area (Å²) in [6.07, 6.45) is 1.10. The second-order valence-corrected chi connectivity index (χ2v) is 5.54. The maximum atomic E-state index is 12.2. The second-order valence-electron chi connectivity index (χ2n) is 5.10. The Morgan fingerprint density at radius 3 is 2.95 bits per heavy atom. The lowest BCUT2D eigenvalue weighted by Gasteiger charge is -2.23. The third kappa shape index (κ3) is 2.69. The van der Waals surface area contributed by atoms with Gasteiger partial charge < -0.3 is 15.0 Å². The number of ether oxygens (including phenoxy) is 1. The number of hydrogen-bond donors (Lipinski definition) is 1. The quantitative estimate of drug-likeness (QED) is 0.913. The molecule has 2 heterocycles. The average Bonchev–Trinajstić information content (AvgIpc) is 3.00. The number of nitrogens with one attached hydrogen (secondary N) is 1. The van der Waals surface area contributed by atoms with Crippen LogP contribution < -0.4 is 10.1 Å². The molecule has 0 unspecified atom stereocenters. The van der Waals surface area contributed by atoms with Crippen molar-refractivity contribution < 1.29 is 9.53 Å². The normalized spacial score (nSPS) is 25.4. The van der Waals surface area contributed by atoms with Crippen molar-refractivity contribution in [3.05, 3.63) is 29.3 Å². The summed E-state index contributed by atoms with van der Waals surface area (Å²) in [5, 5.41) is 4.00. The summed E-state index contributed by atoms with van der Waals surface area (Å²) in [6.45, 7) is 2.91. The number of rotatable bonds is 3. The van der Waals surface area contributed by atoms with E-state index in [2.05, 4.69) is 5.32 Å². The van der Waals surface area contributed by atoms with E-state index in [1.54, 1.807) is 24.3 Å². The van der Waals surface area contributed by atoms with Crippen molar-refractivity contribution in [1.29, 1.82) is 0 Å². The maximum Gasteiger partial charge on any atom is 0.260 e. The molecule has 102 valence electrons. The first kappa shape index (κ1) is 12.8. The number of amides is 1. The molecule has 19 heavy (non-hydrogen) atoms. The van der Waals surface area contributed by atoms with E-state index in [1.165, 1.54) is 0 Å². The summed E-state index contributed by atoms with van der Waals surface area (Å²) in [5.41, 5.74) is 0. The van der Waals surface area contributed by atoms with Crippen LogP contribution in [0.4, 0.5) is 0 Å². The van der Waals surface area contributed by atoms with Crippen LogP contribution in [-0.4, -0.2) is 43.1 Å². The van der Waals surface area contributed by atoms with Crippen LogP contribution in [0, 0.1) is 5.92 Å². The van der Waals surface area contributed by atoms with Crippen LogP contribution in [0.3, 0.4) is 0 Å². The predicted octanol–water partition coefficient (Wildman–Crippen LogP) is 1.54. The van der Waals surface area contributed by atoms with Gasteiger partial charge in [0.25, 0.3) is 5.91 Å². The Hall–Kier alpha value is -1.26. The first-order chi connectivity index (χ1) is 9.24. The lowest BCUT2D eigenvalue weighted by atomic mass is 10.1. The van der Waals surface area contributed by atoms with Gasteiger partial charge in [0.1, 0.15) is 5.75 Å². The molecule has 2 atom stereocenters. The zero-order chi connectivity index (χ0) is 13.2. The van der Waals surface area contributed by atoms with Crippen LogP contribution in [-0.2, 0) is 4.79 Å². The van der Waals surface area contributed by atoms with Crippen LogP contribution in [0.15, 0.2) is 24.3 Å². The highest BCUT2D eigenvalue weighted by Crippen LogP contribution is 2.27. The van der Waals surface area contributed by atoms with E-state index in [4.69, 9.17) is 16.3 Å². The predicted molar refractivity (Wildman–Crippen MR) is 73.4 cm³/mol. The molecule has 0 bridgehead atoms. The molecule has 0 saturated carbocycles. The van der Waals surface area contributed by atoms with E-state index >= 15 is 0 Å². The summed E-state index contributed by atoms with van der Waals surface area (Å²) in [5.74, 6) is 1.38. The van der Waals surface area contributed by atoms with Gasteiger partial charge >= 0.3 is 0 Å². The molecule has 2 saturated heterocycles. The lowest BCUT2D eigenvalue weighted by molar-refractivity contribution is -0.134. The highest BCUT2D eigenvalue weighted by Gasteiger charge is 2.39. The van der Waals surface area contributed by atoms with Gasteiger partial charge in [-0.1, -0.05) is 11.6 Å². The van der Waals surface area contributed by atoms with Gasteiger partial charge in [0.2, 0.25) is 0 Å². The minimum Gasteiger partial charge on any atom is -0.484 e. The van der Waals surface area contributed by atoms with Crippen LogP contribution in [0.1, 0.15) is 6.42 Å². The molecule has 0 radical (unpaired) electrons. The van der Waals surface area contributed by atoms with Crippen molar-refractivity contribution in [2.75, 3.05) is 26.2 Å². The fourth-order valence-electron chi connectivity index (χ4n) is 2.92. The first-order valence-corrected chi connectivity index (χ1v) is 7.00. The van der Waals surface area contributed by atoms with Crippen molar-refractivity contribution in [2.24, 2.45) is 5.92 Å². The van der Waals surface area contributed by atoms with E-state index in [0.29, 0.717) is 22.7 Å². The first-order valence-electron chi connectivity index (χ1n) is 6.62. The van der Waals surface area contributed by atoms with E-state index in [-0.39, 0.29) is 12.5 Å². The van der Waals surface area contributed by atoms with Crippen LogP contribution in [0.2, 0.25) is 5.02 Å². The van der Waals surface area contributed by atoms with E-state index in [0.717, 1.165) is 26.1 Å². The van der Waals surface area contributed by atoms with Gasteiger partial charge in [-0.05, 0) is 36.6 Å². The molecule has 2 fully saturated rings. The Labute approximate surface area is 117 Å². The standard InChI is InChI=1S/C14H17ClN2O2/c15-11-1-3-12(4-2-11)19-9-14(18)17-6-5-10-7-16-8-13(10)17/h1-4,10,13,16H,5-9H2/t10-,13+/m0/s1. The van der Waals surface area contributed by atoms with Gasteiger partial charge in [0, 0.05) is 30.7 Å². The van der Waals surface area contributed by atoms with Crippen molar-refractivity contribution in [3.63, 3.8) is 0 Å². The Morgan fingerprint density at radius 2 is 2.16 bits per heavy atom. The van der Waals surface area contributed by atoms with Gasteiger partial charge in [0.15, 0.2) is 6.61 Å². The molecule has 1 aromatic carbocycles. The highest BCUT2D eigenvalue weighted by atomic mass is 35.5. The van der Waals surface area contributed by atoms with E-state index in [1.807, 2.05) is 4.90 Å². The summed E-state index contributed by atoms with van der Waals surface area (Å²) in [4.78, 5) is 14.1. The molecule has 2 aliphatic heterocycles. The minimum atomic E-state index is 0.0751. The fraction of sp³-hybridized carbons (Fsp3) is 0.500. The third-order valence-corrected chi connectivity index (χ3v) is 4.19. The van der Waals surface area contributed by atoms with Gasteiger partial charge in [-0.25, -0.2) is 0 Å². The zero-order valence-corrected chi connectivity index (χ0v) is 11.4. The molecule has 4 nitrogen and oxygen atoms in total. The Balaban J connectivity index is 1.55. The molecule has 0 aliphatic carbocycles. The number of likely N-dealkylation sites (tertiary alicyclic amines) is 1. The number of halogens is 1. The summed E-state index contributed by atoms with van der Waals surface area (Å²) < 4.78 is 5.51. The largest absolute Gasteiger partial charge is 0.484 e. The second kappa shape index (κ2) is 5.39. The highest BCUT2D eigenvalue weighted by molar-refractivity contribution is 6.30. The SMILES string of the molecule is O=C(COc1ccc(Cl)cc1)N1CC[C@H]2CNC[C@H]21. The Morgan fingerprint density at radius 1 is 1.37 bits per heavy atom. The molecule has 3 rings (SSSR count). The number of carbonyl (C=O) groups excluding carboxylic acids is 1. The topological polar surface area (TPSA) is 41.6 Å². The van der Waals surface area contributed by atoms with Gasteiger partial charge in [-0.15, -0.1) is 0 Å². The molecule has 5 heteroatoms. The zero-order valence-electron chi connectivity index (χ0n) is 10.6. The van der Waals surface area contributed by atoms with Gasteiger partial charge in [-0.3, -0.25) is 4.79 Å². The van der Waals surface area contributed by atoms with Crippen LogP contribution in [0.5, 0.6) is 5.75 Å². The number of benzene rings is 1. The van der Waals surface area contributed by atoms with Crippen molar-refractivity contribution in [1.82, 2.24) is 10.2 Å². The Bertz CT molecular complexity index is 463. The molecule has 0 spiro atoms.